The second-order valence-electron chi connectivity index (χ2n) is 6.20. The molecule has 3 N–H and O–H groups in total. The van der Waals surface area contributed by atoms with E-state index in [9.17, 15) is 4.79 Å². The van der Waals surface area contributed by atoms with Crippen LogP contribution in [-0.4, -0.2) is 32.1 Å². The van der Waals surface area contributed by atoms with E-state index in [0.717, 1.165) is 27.7 Å². The fourth-order valence-corrected chi connectivity index (χ4v) is 2.69. The van der Waals surface area contributed by atoms with Crippen molar-refractivity contribution in [3.05, 3.63) is 48.3 Å². The van der Waals surface area contributed by atoms with Crippen LogP contribution in [0.3, 0.4) is 0 Å². The van der Waals surface area contributed by atoms with Crippen LogP contribution in [0.1, 0.15) is 12.5 Å². The number of aromatic nitrogens is 4. The lowest BCUT2D eigenvalue weighted by Crippen LogP contribution is -2.30. The van der Waals surface area contributed by atoms with E-state index in [-0.39, 0.29) is 0 Å². The molecule has 1 unspecified atom stereocenters. The van der Waals surface area contributed by atoms with Gasteiger partial charge >= 0.3 is 0 Å². The summed E-state index contributed by atoms with van der Waals surface area (Å²) in [5, 5.41) is 4.06. The molecule has 0 radical (unpaired) electrons. The standard InChI is InChI=1S/C19H17N5O3/c1-10-7-13(4-6-16(10)26-11(2)17(20)25)19-23-18(24-27-19)12-3-5-14-15(8-12)22-9-21-14/h3-9,11H,1-2H3,(H2,20,25)(H,21,22). The highest BCUT2D eigenvalue weighted by Crippen LogP contribution is 2.28. The molecule has 0 saturated heterocycles. The molecule has 27 heavy (non-hydrogen) atoms. The quantitative estimate of drug-likeness (QED) is 0.562. The van der Waals surface area contributed by atoms with E-state index in [1.54, 1.807) is 25.4 Å². The molecule has 136 valence electrons. The van der Waals surface area contributed by atoms with Gasteiger partial charge in [0.15, 0.2) is 6.10 Å². The lowest BCUT2D eigenvalue weighted by Gasteiger charge is -2.13. The number of primary amides is 1. The molecule has 1 atom stereocenters. The number of carbonyl (C=O) groups excluding carboxylic acids is 1. The predicted octanol–water partition coefficient (Wildman–Crippen LogP) is 2.84. The third kappa shape index (κ3) is 3.24. The average Bonchev–Trinajstić information content (AvgIpc) is 3.31. The van der Waals surface area contributed by atoms with E-state index < -0.39 is 12.0 Å². The number of fused-ring (bicyclic) bond motifs is 1. The Kier molecular flexibility index (Phi) is 4.08. The number of H-pyrrole nitrogens is 1. The van der Waals surface area contributed by atoms with Crippen molar-refractivity contribution in [1.82, 2.24) is 20.1 Å². The number of nitrogens with one attached hydrogen (secondary N) is 1. The molecule has 0 fully saturated rings. The van der Waals surface area contributed by atoms with Crippen molar-refractivity contribution >= 4 is 16.9 Å². The summed E-state index contributed by atoms with van der Waals surface area (Å²) in [6.45, 7) is 3.48. The Bertz CT molecular complexity index is 1130. The van der Waals surface area contributed by atoms with Gasteiger partial charge in [0.2, 0.25) is 5.82 Å². The summed E-state index contributed by atoms with van der Waals surface area (Å²) in [6, 6.07) is 11.1. The molecular formula is C19H17N5O3. The summed E-state index contributed by atoms with van der Waals surface area (Å²) >= 11 is 0. The SMILES string of the molecule is Cc1cc(-c2nc(-c3ccc4[nH]cnc4c3)no2)ccc1OC(C)C(N)=O. The fourth-order valence-electron chi connectivity index (χ4n) is 2.69. The van der Waals surface area contributed by atoms with Gasteiger partial charge in [-0.25, -0.2) is 4.98 Å². The molecule has 0 aliphatic carbocycles. The van der Waals surface area contributed by atoms with Gasteiger partial charge in [-0.1, -0.05) is 5.16 Å². The van der Waals surface area contributed by atoms with Crippen molar-refractivity contribution in [3.63, 3.8) is 0 Å². The maximum atomic E-state index is 11.2. The third-order valence-corrected chi connectivity index (χ3v) is 4.23. The molecule has 0 aliphatic heterocycles. The minimum absolute atomic E-state index is 0.393. The lowest BCUT2D eigenvalue weighted by atomic mass is 10.1. The first-order valence-electron chi connectivity index (χ1n) is 8.35. The molecule has 0 saturated carbocycles. The van der Waals surface area contributed by atoms with Crippen molar-refractivity contribution in [2.75, 3.05) is 0 Å². The molecule has 2 aromatic heterocycles. The Morgan fingerprint density at radius 2 is 2.04 bits per heavy atom. The van der Waals surface area contributed by atoms with Crippen LogP contribution in [0.25, 0.3) is 33.9 Å². The van der Waals surface area contributed by atoms with E-state index in [4.69, 9.17) is 15.0 Å². The number of nitrogens with zero attached hydrogens (tertiary/aromatic N) is 3. The molecule has 8 heteroatoms. The molecule has 4 aromatic rings. The van der Waals surface area contributed by atoms with Gasteiger partial charge in [0, 0.05) is 11.1 Å². The largest absolute Gasteiger partial charge is 0.481 e. The molecule has 8 nitrogen and oxygen atoms in total. The van der Waals surface area contributed by atoms with Gasteiger partial charge in [0.25, 0.3) is 11.8 Å². The van der Waals surface area contributed by atoms with Crippen molar-refractivity contribution in [2.24, 2.45) is 5.73 Å². The van der Waals surface area contributed by atoms with Crippen LogP contribution in [0, 0.1) is 6.92 Å². The van der Waals surface area contributed by atoms with Gasteiger partial charge in [-0.15, -0.1) is 0 Å². The number of amides is 1. The predicted molar refractivity (Wildman–Crippen MR) is 98.8 cm³/mol. The Morgan fingerprint density at radius 1 is 1.22 bits per heavy atom. The average molecular weight is 363 g/mol. The van der Waals surface area contributed by atoms with Crippen LogP contribution in [0.4, 0.5) is 0 Å². The van der Waals surface area contributed by atoms with Crippen LogP contribution in [0.5, 0.6) is 5.75 Å². The number of carbonyl (C=O) groups is 1. The lowest BCUT2D eigenvalue weighted by molar-refractivity contribution is -0.123. The van der Waals surface area contributed by atoms with Gasteiger partial charge in [0.1, 0.15) is 5.75 Å². The Balaban J connectivity index is 1.61. The van der Waals surface area contributed by atoms with Crippen LogP contribution >= 0.6 is 0 Å². The zero-order chi connectivity index (χ0) is 19.0. The maximum Gasteiger partial charge on any atom is 0.258 e. The second kappa shape index (κ2) is 6.56. The van der Waals surface area contributed by atoms with Gasteiger partial charge in [-0.3, -0.25) is 4.79 Å². The van der Waals surface area contributed by atoms with E-state index >= 15 is 0 Å². The van der Waals surface area contributed by atoms with Crippen molar-refractivity contribution in [1.29, 1.82) is 0 Å². The number of benzene rings is 2. The van der Waals surface area contributed by atoms with Gasteiger partial charge < -0.3 is 20.0 Å². The summed E-state index contributed by atoms with van der Waals surface area (Å²) in [7, 11) is 0. The minimum atomic E-state index is -0.707. The number of hydrogen-bond acceptors (Lipinski definition) is 6. The van der Waals surface area contributed by atoms with E-state index in [2.05, 4.69) is 20.1 Å². The molecular weight excluding hydrogens is 346 g/mol. The van der Waals surface area contributed by atoms with Crippen LogP contribution in [0.2, 0.25) is 0 Å². The van der Waals surface area contributed by atoms with Crippen LogP contribution in [0.15, 0.2) is 47.2 Å². The Hall–Kier alpha value is -3.68. The van der Waals surface area contributed by atoms with Gasteiger partial charge in [-0.2, -0.15) is 4.98 Å². The first-order chi connectivity index (χ1) is 13.0. The molecule has 2 heterocycles. The van der Waals surface area contributed by atoms with Gasteiger partial charge in [0.05, 0.1) is 17.4 Å². The number of aromatic amines is 1. The normalized spacial score (nSPS) is 12.2. The van der Waals surface area contributed by atoms with E-state index in [0.29, 0.717) is 17.5 Å². The van der Waals surface area contributed by atoms with Crippen molar-refractivity contribution in [2.45, 2.75) is 20.0 Å². The highest BCUT2D eigenvalue weighted by Gasteiger charge is 2.15. The maximum absolute atomic E-state index is 11.2. The monoisotopic (exact) mass is 363 g/mol. The third-order valence-electron chi connectivity index (χ3n) is 4.23. The number of nitrogens with two attached hydrogens (primary N) is 1. The van der Waals surface area contributed by atoms with Crippen molar-refractivity contribution < 1.29 is 14.1 Å². The fraction of sp³-hybridized carbons (Fsp3) is 0.158. The smallest absolute Gasteiger partial charge is 0.258 e. The van der Waals surface area contributed by atoms with Crippen LogP contribution < -0.4 is 10.5 Å². The Labute approximate surface area is 154 Å². The highest BCUT2D eigenvalue weighted by molar-refractivity contribution is 5.80. The summed E-state index contributed by atoms with van der Waals surface area (Å²) in [5.41, 5.74) is 9.42. The molecule has 2 aromatic carbocycles. The Morgan fingerprint density at radius 3 is 2.81 bits per heavy atom. The van der Waals surface area contributed by atoms with E-state index in [1.165, 1.54) is 0 Å². The molecule has 0 aliphatic rings. The van der Waals surface area contributed by atoms with Gasteiger partial charge in [-0.05, 0) is 55.8 Å². The van der Waals surface area contributed by atoms with Crippen LogP contribution in [-0.2, 0) is 4.79 Å². The van der Waals surface area contributed by atoms with Crippen molar-refractivity contribution in [3.8, 4) is 28.6 Å². The summed E-state index contributed by atoms with van der Waals surface area (Å²) in [6.07, 6.45) is 0.934. The van der Waals surface area contributed by atoms with E-state index in [1.807, 2.05) is 31.2 Å². The molecule has 0 spiro atoms. The number of ether oxygens (including phenoxy) is 1. The number of aryl methyl sites for hydroxylation is 1. The first kappa shape index (κ1) is 16.8. The molecule has 1 amide bonds. The molecule has 0 bridgehead atoms. The summed E-state index contributed by atoms with van der Waals surface area (Å²) in [4.78, 5) is 22.9. The highest BCUT2D eigenvalue weighted by atomic mass is 16.5. The number of hydrogen-bond donors (Lipinski definition) is 2. The zero-order valence-corrected chi connectivity index (χ0v) is 14.8. The topological polar surface area (TPSA) is 120 Å². The number of imidazole rings is 1. The summed E-state index contributed by atoms with van der Waals surface area (Å²) < 4.78 is 11.0. The number of rotatable bonds is 5. The first-order valence-corrected chi connectivity index (χ1v) is 8.35. The summed E-state index contributed by atoms with van der Waals surface area (Å²) in [5.74, 6) is 0.933. The second-order valence-corrected chi connectivity index (χ2v) is 6.20. The minimum Gasteiger partial charge on any atom is -0.481 e. The molecule has 4 rings (SSSR count). The zero-order valence-electron chi connectivity index (χ0n) is 14.8.